The van der Waals surface area contributed by atoms with Gasteiger partial charge in [-0.05, 0) is 32.6 Å². The molecule has 0 aromatic carbocycles. The highest BCUT2D eigenvalue weighted by atomic mass is 32.1. The van der Waals surface area contributed by atoms with Crippen LogP contribution in [0.5, 0.6) is 0 Å². The Morgan fingerprint density at radius 1 is 1.41 bits per heavy atom. The lowest BCUT2D eigenvalue weighted by Gasteiger charge is -2.40. The summed E-state index contributed by atoms with van der Waals surface area (Å²) in [5.41, 5.74) is 0.0651. The van der Waals surface area contributed by atoms with E-state index in [1.54, 1.807) is 11.3 Å². The second-order valence-corrected chi connectivity index (χ2v) is 5.88. The molecule has 4 nitrogen and oxygen atoms in total. The summed E-state index contributed by atoms with van der Waals surface area (Å²) >= 11 is 1.62. The number of aromatic nitrogens is 2. The molecule has 0 spiro atoms. The summed E-state index contributed by atoms with van der Waals surface area (Å²) in [4.78, 5) is 0. The van der Waals surface area contributed by atoms with Crippen LogP contribution in [0, 0.1) is 6.92 Å². The van der Waals surface area contributed by atoms with Crippen molar-refractivity contribution in [3.63, 3.8) is 0 Å². The highest BCUT2D eigenvalue weighted by Gasteiger charge is 2.34. The molecule has 96 valence electrons. The molecule has 1 aliphatic rings. The Hall–Kier alpha value is -0.680. The van der Waals surface area contributed by atoms with Gasteiger partial charge in [0.05, 0.1) is 5.60 Å². The van der Waals surface area contributed by atoms with Crippen LogP contribution in [0.2, 0.25) is 0 Å². The van der Waals surface area contributed by atoms with Gasteiger partial charge < -0.3 is 10.1 Å². The van der Waals surface area contributed by atoms with Crippen molar-refractivity contribution in [2.45, 2.75) is 58.1 Å². The van der Waals surface area contributed by atoms with E-state index in [2.05, 4.69) is 29.4 Å². The van der Waals surface area contributed by atoms with Crippen LogP contribution in [-0.2, 0) is 4.74 Å². The van der Waals surface area contributed by atoms with Crippen LogP contribution < -0.4 is 5.32 Å². The van der Waals surface area contributed by atoms with Crippen LogP contribution in [0.15, 0.2) is 0 Å². The third-order valence-electron chi connectivity index (χ3n) is 3.64. The average molecular weight is 255 g/mol. The molecule has 17 heavy (non-hydrogen) atoms. The Kier molecular flexibility index (Phi) is 3.99. The highest BCUT2D eigenvalue weighted by molar-refractivity contribution is 7.15. The van der Waals surface area contributed by atoms with Crippen LogP contribution in [0.4, 0.5) is 5.13 Å². The molecule has 1 saturated heterocycles. The molecule has 0 radical (unpaired) electrons. The van der Waals surface area contributed by atoms with E-state index in [1.807, 2.05) is 6.92 Å². The third-order valence-corrected chi connectivity index (χ3v) is 4.41. The molecular weight excluding hydrogens is 234 g/mol. The Bertz CT molecular complexity index is 362. The maximum Gasteiger partial charge on any atom is 0.205 e. The molecular formula is C12H21N3OS. The number of rotatable bonds is 4. The molecule has 2 rings (SSSR count). The first-order valence-corrected chi connectivity index (χ1v) is 7.19. The van der Waals surface area contributed by atoms with Crippen LogP contribution in [0.25, 0.3) is 0 Å². The normalized spacial score (nSPS) is 23.6. The zero-order chi connectivity index (χ0) is 12.3. The van der Waals surface area contributed by atoms with E-state index in [1.165, 1.54) is 0 Å². The van der Waals surface area contributed by atoms with Gasteiger partial charge in [0.25, 0.3) is 0 Å². The molecule has 0 bridgehead atoms. The molecule has 1 atom stereocenters. The van der Waals surface area contributed by atoms with Crippen LogP contribution in [0.1, 0.15) is 44.5 Å². The number of aryl methyl sites for hydroxylation is 1. The number of ether oxygens (including phenoxy) is 1. The molecule has 0 amide bonds. The van der Waals surface area contributed by atoms with Gasteiger partial charge in [-0.15, -0.1) is 10.2 Å². The Morgan fingerprint density at radius 2 is 2.18 bits per heavy atom. The first-order valence-electron chi connectivity index (χ1n) is 6.38. The summed E-state index contributed by atoms with van der Waals surface area (Å²) in [7, 11) is 0. The van der Waals surface area contributed by atoms with E-state index in [4.69, 9.17) is 4.74 Å². The van der Waals surface area contributed by atoms with Gasteiger partial charge in [-0.1, -0.05) is 25.2 Å². The van der Waals surface area contributed by atoms with Crippen molar-refractivity contribution < 1.29 is 4.74 Å². The molecule has 1 aromatic rings. The minimum absolute atomic E-state index is 0.0651. The van der Waals surface area contributed by atoms with Gasteiger partial charge in [0.2, 0.25) is 5.13 Å². The molecule has 5 heteroatoms. The lowest BCUT2D eigenvalue weighted by Crippen LogP contribution is -2.43. The lowest BCUT2D eigenvalue weighted by molar-refractivity contribution is -0.0864. The highest BCUT2D eigenvalue weighted by Crippen LogP contribution is 2.33. The smallest absolute Gasteiger partial charge is 0.205 e. The summed E-state index contributed by atoms with van der Waals surface area (Å²) in [5.74, 6) is 0. The van der Waals surface area contributed by atoms with Crippen molar-refractivity contribution in [1.29, 1.82) is 0 Å². The number of nitrogens with zero attached hydrogens (tertiary/aromatic N) is 2. The average Bonchev–Trinajstić information content (AvgIpc) is 2.75. The molecule has 1 fully saturated rings. The van der Waals surface area contributed by atoms with Crippen molar-refractivity contribution in [2.75, 3.05) is 11.9 Å². The van der Waals surface area contributed by atoms with Crippen LogP contribution >= 0.6 is 11.3 Å². The number of hydrogen-bond acceptors (Lipinski definition) is 5. The molecule has 1 aromatic heterocycles. The van der Waals surface area contributed by atoms with Gasteiger partial charge in [0.15, 0.2) is 0 Å². The minimum Gasteiger partial charge on any atom is -0.375 e. The van der Waals surface area contributed by atoms with E-state index < -0.39 is 0 Å². The van der Waals surface area contributed by atoms with Gasteiger partial charge in [0.1, 0.15) is 5.01 Å². The van der Waals surface area contributed by atoms with E-state index in [0.717, 1.165) is 42.4 Å². The summed E-state index contributed by atoms with van der Waals surface area (Å²) in [6.07, 6.45) is 4.28. The standard InChI is InChI=1S/C12H21N3OS/c1-4-12(5-2)8-10(6-7-16-12)13-11-15-14-9(3)17-11/h10H,4-8H2,1-3H3,(H,13,15). The van der Waals surface area contributed by atoms with E-state index >= 15 is 0 Å². The molecule has 1 unspecified atom stereocenters. The number of hydrogen-bond donors (Lipinski definition) is 1. The van der Waals surface area contributed by atoms with Crippen LogP contribution in [0.3, 0.4) is 0 Å². The minimum atomic E-state index is 0.0651. The fraction of sp³-hybridized carbons (Fsp3) is 0.833. The monoisotopic (exact) mass is 255 g/mol. The summed E-state index contributed by atoms with van der Waals surface area (Å²) in [6.45, 7) is 7.24. The zero-order valence-electron chi connectivity index (χ0n) is 10.8. The van der Waals surface area contributed by atoms with Crippen molar-refractivity contribution in [3.05, 3.63) is 5.01 Å². The van der Waals surface area contributed by atoms with Gasteiger partial charge in [0, 0.05) is 12.6 Å². The lowest BCUT2D eigenvalue weighted by atomic mass is 9.86. The first-order chi connectivity index (χ1) is 8.17. The van der Waals surface area contributed by atoms with Crippen molar-refractivity contribution in [2.24, 2.45) is 0 Å². The maximum absolute atomic E-state index is 5.96. The molecule has 1 aliphatic heterocycles. The third kappa shape index (κ3) is 2.96. The summed E-state index contributed by atoms with van der Waals surface area (Å²) in [5, 5.41) is 13.6. The topological polar surface area (TPSA) is 47.0 Å². The molecule has 0 saturated carbocycles. The fourth-order valence-electron chi connectivity index (χ4n) is 2.42. The Morgan fingerprint density at radius 3 is 2.76 bits per heavy atom. The van der Waals surface area contributed by atoms with Crippen molar-refractivity contribution >= 4 is 16.5 Å². The second kappa shape index (κ2) is 5.31. The van der Waals surface area contributed by atoms with Gasteiger partial charge in [-0.2, -0.15) is 0 Å². The number of anilines is 1. The van der Waals surface area contributed by atoms with E-state index in [0.29, 0.717) is 6.04 Å². The largest absolute Gasteiger partial charge is 0.375 e. The predicted octanol–water partition coefficient (Wildman–Crippen LogP) is 3.00. The SMILES string of the molecule is CCC1(CC)CC(Nc2nnc(C)s2)CCO1. The quantitative estimate of drug-likeness (QED) is 0.898. The van der Waals surface area contributed by atoms with Crippen molar-refractivity contribution in [3.8, 4) is 0 Å². The summed E-state index contributed by atoms with van der Waals surface area (Å²) < 4.78 is 5.96. The number of nitrogens with one attached hydrogen (secondary N) is 1. The molecule has 0 aliphatic carbocycles. The molecule has 2 heterocycles. The first kappa shape index (κ1) is 12.8. The van der Waals surface area contributed by atoms with Crippen LogP contribution in [-0.4, -0.2) is 28.4 Å². The molecule has 1 N–H and O–H groups in total. The Balaban J connectivity index is 1.98. The zero-order valence-corrected chi connectivity index (χ0v) is 11.6. The van der Waals surface area contributed by atoms with E-state index in [9.17, 15) is 0 Å². The second-order valence-electron chi connectivity index (χ2n) is 4.70. The van der Waals surface area contributed by atoms with Crippen molar-refractivity contribution in [1.82, 2.24) is 10.2 Å². The van der Waals surface area contributed by atoms with Gasteiger partial charge in [-0.3, -0.25) is 0 Å². The maximum atomic E-state index is 5.96. The summed E-state index contributed by atoms with van der Waals surface area (Å²) in [6, 6.07) is 0.469. The van der Waals surface area contributed by atoms with Gasteiger partial charge in [-0.25, -0.2) is 0 Å². The predicted molar refractivity (Wildman–Crippen MR) is 70.6 cm³/mol. The van der Waals surface area contributed by atoms with Gasteiger partial charge >= 0.3 is 0 Å². The fourth-order valence-corrected chi connectivity index (χ4v) is 3.09. The van der Waals surface area contributed by atoms with E-state index in [-0.39, 0.29) is 5.60 Å². The Labute approximate surface area is 107 Å².